The third-order valence-electron chi connectivity index (χ3n) is 7.46. The number of carbonyl (C=O) groups excluding carboxylic acids is 4. The average Bonchev–Trinajstić information content (AvgIpc) is 3.51. The second-order valence-electron chi connectivity index (χ2n) is 9.64. The van der Waals surface area contributed by atoms with Gasteiger partial charge in [-0.3, -0.25) is 29.4 Å². The van der Waals surface area contributed by atoms with E-state index in [4.69, 9.17) is 15.2 Å². The maximum atomic E-state index is 13.9. The van der Waals surface area contributed by atoms with Gasteiger partial charge in [0.2, 0.25) is 30.4 Å². The van der Waals surface area contributed by atoms with Gasteiger partial charge in [0.1, 0.15) is 5.54 Å². The van der Waals surface area contributed by atoms with Crippen molar-refractivity contribution in [2.45, 2.75) is 38.4 Å². The van der Waals surface area contributed by atoms with Gasteiger partial charge in [0.15, 0.2) is 11.5 Å². The first-order chi connectivity index (χ1) is 16.7. The molecule has 0 radical (unpaired) electrons. The Balaban J connectivity index is 1.44. The van der Waals surface area contributed by atoms with Gasteiger partial charge in [-0.1, -0.05) is 23.8 Å². The Labute approximate surface area is 200 Å². The minimum absolute atomic E-state index is 0.0159. The van der Waals surface area contributed by atoms with Crippen molar-refractivity contribution in [2.24, 2.45) is 17.6 Å². The molecule has 2 aromatic rings. The summed E-state index contributed by atoms with van der Waals surface area (Å²) in [6.45, 7) is 3.92. The van der Waals surface area contributed by atoms with Crippen molar-refractivity contribution in [3.05, 3.63) is 52.6 Å². The van der Waals surface area contributed by atoms with Gasteiger partial charge < -0.3 is 20.5 Å². The zero-order valence-electron chi connectivity index (χ0n) is 19.2. The van der Waals surface area contributed by atoms with Crippen LogP contribution < -0.4 is 25.8 Å². The molecule has 35 heavy (non-hydrogen) atoms. The highest BCUT2D eigenvalue weighted by atomic mass is 16.7. The quantitative estimate of drug-likeness (QED) is 0.555. The molecule has 0 bridgehead atoms. The fourth-order valence-electron chi connectivity index (χ4n) is 6.09. The molecule has 10 heteroatoms. The molecule has 4 amide bonds. The predicted octanol–water partition coefficient (Wildman–Crippen LogP) is 0.828. The SMILES string of the molecule is Cc1cc(C)c2c(c1)[C@]1(N[C@H](CC(N)=O)[C@H]3C(=O)N(Cc4ccc5c(c4)OCO5)C(=O)[C@H]31)C(=O)N2. The van der Waals surface area contributed by atoms with E-state index in [-0.39, 0.29) is 19.8 Å². The Morgan fingerprint density at radius 3 is 2.66 bits per heavy atom. The van der Waals surface area contributed by atoms with Crippen LogP contribution in [-0.4, -0.2) is 41.4 Å². The molecule has 0 aromatic heterocycles. The van der Waals surface area contributed by atoms with Crippen molar-refractivity contribution in [3.8, 4) is 11.5 Å². The highest BCUT2D eigenvalue weighted by Crippen LogP contribution is 2.54. The molecular formula is C25H24N4O6. The second-order valence-corrected chi connectivity index (χ2v) is 9.64. The first-order valence-corrected chi connectivity index (χ1v) is 11.4. The Bertz CT molecular complexity index is 1340. The molecule has 4 heterocycles. The van der Waals surface area contributed by atoms with Crippen LogP contribution in [0.4, 0.5) is 5.69 Å². The molecule has 0 saturated carbocycles. The Morgan fingerprint density at radius 2 is 1.89 bits per heavy atom. The summed E-state index contributed by atoms with van der Waals surface area (Å²) in [7, 11) is 0. The van der Waals surface area contributed by atoms with Crippen LogP contribution in [0, 0.1) is 25.7 Å². The minimum Gasteiger partial charge on any atom is -0.454 e. The summed E-state index contributed by atoms with van der Waals surface area (Å²) in [5.74, 6) is -2.68. The largest absolute Gasteiger partial charge is 0.454 e. The lowest BCUT2D eigenvalue weighted by atomic mass is 9.76. The molecule has 1 spiro atoms. The highest BCUT2D eigenvalue weighted by Gasteiger charge is 2.70. The molecule has 4 aliphatic rings. The van der Waals surface area contributed by atoms with Crippen LogP contribution in [0.3, 0.4) is 0 Å². The lowest BCUT2D eigenvalue weighted by Crippen LogP contribution is -2.53. The van der Waals surface area contributed by atoms with Gasteiger partial charge in [-0.15, -0.1) is 0 Å². The Kier molecular flexibility index (Phi) is 4.50. The van der Waals surface area contributed by atoms with Gasteiger partial charge >= 0.3 is 0 Å². The molecule has 2 saturated heterocycles. The van der Waals surface area contributed by atoms with Crippen molar-refractivity contribution >= 4 is 29.3 Å². The van der Waals surface area contributed by atoms with Gasteiger partial charge in [0.25, 0.3) is 0 Å². The normalized spacial score (nSPS) is 28.0. The molecule has 180 valence electrons. The van der Waals surface area contributed by atoms with Crippen molar-refractivity contribution < 1.29 is 28.7 Å². The first kappa shape index (κ1) is 21.6. The number of carbonyl (C=O) groups is 4. The van der Waals surface area contributed by atoms with Crippen LogP contribution in [0.15, 0.2) is 30.3 Å². The summed E-state index contributed by atoms with van der Waals surface area (Å²) >= 11 is 0. The van der Waals surface area contributed by atoms with E-state index in [9.17, 15) is 19.2 Å². The number of aryl methyl sites for hydroxylation is 2. The summed E-state index contributed by atoms with van der Waals surface area (Å²) in [4.78, 5) is 54.1. The van der Waals surface area contributed by atoms with Crippen molar-refractivity contribution in [3.63, 3.8) is 0 Å². The van der Waals surface area contributed by atoms with E-state index < -0.39 is 47.0 Å². The predicted molar refractivity (Wildman–Crippen MR) is 122 cm³/mol. The number of nitrogens with two attached hydrogens (primary N) is 1. The summed E-state index contributed by atoms with van der Waals surface area (Å²) in [6.07, 6.45) is -0.173. The van der Waals surface area contributed by atoms with Crippen LogP contribution in [0.25, 0.3) is 0 Å². The summed E-state index contributed by atoms with van der Waals surface area (Å²) in [5.41, 5.74) is 7.74. The summed E-state index contributed by atoms with van der Waals surface area (Å²) in [5, 5.41) is 6.13. The average molecular weight is 476 g/mol. The topological polar surface area (TPSA) is 140 Å². The number of anilines is 1. The molecule has 4 aliphatic heterocycles. The fourth-order valence-corrected chi connectivity index (χ4v) is 6.09. The number of amides is 4. The highest BCUT2D eigenvalue weighted by molar-refractivity contribution is 6.15. The van der Waals surface area contributed by atoms with Crippen LogP contribution in [0.1, 0.15) is 28.7 Å². The minimum atomic E-state index is -1.47. The van der Waals surface area contributed by atoms with Crippen LogP contribution in [0.5, 0.6) is 11.5 Å². The number of rotatable bonds is 4. The molecule has 0 unspecified atom stereocenters. The molecule has 0 aliphatic carbocycles. The number of imide groups is 1. The fraction of sp³-hybridized carbons (Fsp3) is 0.360. The number of primary amides is 1. The zero-order chi connectivity index (χ0) is 24.6. The smallest absolute Gasteiger partial charge is 0.250 e. The molecule has 2 fully saturated rings. The Hall–Kier alpha value is -3.92. The van der Waals surface area contributed by atoms with E-state index in [1.807, 2.05) is 26.0 Å². The molecule has 4 N–H and O–H groups in total. The van der Waals surface area contributed by atoms with Gasteiger partial charge in [-0.2, -0.15) is 0 Å². The molecular weight excluding hydrogens is 452 g/mol. The zero-order valence-corrected chi connectivity index (χ0v) is 19.2. The number of ether oxygens (including phenoxy) is 2. The van der Waals surface area contributed by atoms with E-state index in [1.54, 1.807) is 18.2 Å². The maximum Gasteiger partial charge on any atom is 0.250 e. The van der Waals surface area contributed by atoms with Gasteiger partial charge in [0, 0.05) is 23.7 Å². The van der Waals surface area contributed by atoms with Gasteiger partial charge in [-0.05, 0) is 37.1 Å². The first-order valence-electron chi connectivity index (χ1n) is 11.4. The number of nitrogens with zero attached hydrogens (tertiary/aromatic N) is 1. The number of fused-ring (bicyclic) bond motifs is 5. The molecule has 2 aromatic carbocycles. The second kappa shape index (κ2) is 7.29. The van der Waals surface area contributed by atoms with Crippen molar-refractivity contribution in [2.75, 3.05) is 12.1 Å². The van der Waals surface area contributed by atoms with E-state index >= 15 is 0 Å². The van der Waals surface area contributed by atoms with Gasteiger partial charge in [-0.25, -0.2) is 0 Å². The van der Waals surface area contributed by atoms with E-state index in [0.29, 0.717) is 28.3 Å². The van der Waals surface area contributed by atoms with Crippen molar-refractivity contribution in [1.29, 1.82) is 0 Å². The Morgan fingerprint density at radius 1 is 1.11 bits per heavy atom. The summed E-state index contributed by atoms with van der Waals surface area (Å²) < 4.78 is 10.8. The molecule has 6 rings (SSSR count). The van der Waals surface area contributed by atoms with E-state index in [1.165, 1.54) is 4.90 Å². The number of hydrogen-bond donors (Lipinski definition) is 3. The van der Waals surface area contributed by atoms with E-state index in [0.717, 1.165) is 11.1 Å². The number of hydrogen-bond acceptors (Lipinski definition) is 7. The third kappa shape index (κ3) is 2.92. The molecule has 10 nitrogen and oxygen atoms in total. The van der Waals surface area contributed by atoms with Crippen LogP contribution in [0.2, 0.25) is 0 Å². The van der Waals surface area contributed by atoms with Gasteiger partial charge in [0.05, 0.1) is 18.4 Å². The third-order valence-corrected chi connectivity index (χ3v) is 7.46. The lowest BCUT2D eigenvalue weighted by Gasteiger charge is -2.29. The maximum absolute atomic E-state index is 13.9. The van der Waals surface area contributed by atoms with E-state index in [2.05, 4.69) is 10.6 Å². The van der Waals surface area contributed by atoms with Crippen LogP contribution >= 0.6 is 0 Å². The number of nitrogens with one attached hydrogen (secondary N) is 2. The number of benzene rings is 2. The monoisotopic (exact) mass is 476 g/mol. The lowest BCUT2D eigenvalue weighted by molar-refractivity contribution is -0.143. The summed E-state index contributed by atoms with van der Waals surface area (Å²) in [6, 6.07) is 8.27. The van der Waals surface area contributed by atoms with Crippen molar-refractivity contribution in [1.82, 2.24) is 10.2 Å². The number of likely N-dealkylation sites (tertiary alicyclic amines) is 1. The molecule has 4 atom stereocenters. The van der Waals surface area contributed by atoms with Crippen LogP contribution in [-0.2, 0) is 31.3 Å². The standard InChI is InChI=1S/C25H24N4O6/c1-11-5-12(2)21-14(6-11)25(24(33)27-21)20-19(15(28-25)8-18(26)30)22(31)29(23(20)32)9-13-3-4-16-17(7-13)35-10-34-16/h3-7,15,19-20,28H,8-10H2,1-2H3,(H2,26,30)(H,27,33)/t15-,19-,20+,25-/m1/s1.